The van der Waals surface area contributed by atoms with Crippen molar-refractivity contribution < 1.29 is 4.39 Å². The Morgan fingerprint density at radius 2 is 2.18 bits per heavy atom. The molecule has 1 atom stereocenters. The van der Waals surface area contributed by atoms with Gasteiger partial charge in [-0.1, -0.05) is 6.07 Å². The summed E-state index contributed by atoms with van der Waals surface area (Å²) in [5, 5.41) is 0. The molecule has 0 aromatic heterocycles. The van der Waals surface area contributed by atoms with Gasteiger partial charge < -0.3 is 4.90 Å². The second-order valence-electron chi connectivity index (χ2n) is 5.26. The van der Waals surface area contributed by atoms with Gasteiger partial charge in [-0.2, -0.15) is 0 Å². The molecule has 0 spiro atoms. The van der Waals surface area contributed by atoms with E-state index in [4.69, 9.17) is 0 Å². The third kappa shape index (κ3) is 3.27. The van der Waals surface area contributed by atoms with Crippen molar-refractivity contribution in [2.75, 3.05) is 27.2 Å². The zero-order chi connectivity index (χ0) is 12.4. The molecule has 3 heteroatoms. The number of aryl methyl sites for hydroxylation is 1. The fraction of sp³-hybridized carbons (Fsp3) is 0.571. The summed E-state index contributed by atoms with van der Waals surface area (Å²) >= 11 is 0. The number of hydrogen-bond donors (Lipinski definition) is 0. The van der Waals surface area contributed by atoms with E-state index in [1.807, 2.05) is 6.92 Å². The van der Waals surface area contributed by atoms with Crippen molar-refractivity contribution in [3.63, 3.8) is 0 Å². The predicted octanol–water partition coefficient (Wildman–Crippen LogP) is 2.27. The summed E-state index contributed by atoms with van der Waals surface area (Å²) in [5.41, 5.74) is 2.07. The number of halogens is 1. The van der Waals surface area contributed by atoms with Crippen molar-refractivity contribution in [1.29, 1.82) is 0 Å². The number of nitrogens with zero attached hydrogens (tertiary/aromatic N) is 2. The van der Waals surface area contributed by atoms with Gasteiger partial charge in [0.15, 0.2) is 0 Å². The minimum atomic E-state index is -0.128. The molecule has 1 aliphatic heterocycles. The molecular formula is C14H21FN2. The Balaban J connectivity index is 2.00. The van der Waals surface area contributed by atoms with Crippen LogP contribution in [0.15, 0.2) is 18.2 Å². The first-order valence-electron chi connectivity index (χ1n) is 6.19. The Kier molecular flexibility index (Phi) is 3.79. The third-order valence-electron chi connectivity index (χ3n) is 3.52. The van der Waals surface area contributed by atoms with Crippen LogP contribution in [0.2, 0.25) is 0 Å². The lowest BCUT2D eigenvalue weighted by Crippen LogP contribution is -2.33. The molecule has 1 fully saturated rings. The Morgan fingerprint density at radius 3 is 2.76 bits per heavy atom. The van der Waals surface area contributed by atoms with Crippen LogP contribution >= 0.6 is 0 Å². The van der Waals surface area contributed by atoms with E-state index in [0.29, 0.717) is 6.04 Å². The highest BCUT2D eigenvalue weighted by Gasteiger charge is 2.23. The maximum absolute atomic E-state index is 13.3. The summed E-state index contributed by atoms with van der Waals surface area (Å²) in [4.78, 5) is 4.68. The highest BCUT2D eigenvalue weighted by Crippen LogP contribution is 2.16. The predicted molar refractivity (Wildman–Crippen MR) is 68.5 cm³/mol. The second kappa shape index (κ2) is 5.15. The Bertz CT molecular complexity index is 372. The normalized spacial score (nSPS) is 21.4. The molecule has 0 amide bonds. The summed E-state index contributed by atoms with van der Waals surface area (Å²) < 4.78 is 13.3. The molecule has 17 heavy (non-hydrogen) atoms. The maximum Gasteiger partial charge on any atom is 0.123 e. The topological polar surface area (TPSA) is 6.48 Å². The first kappa shape index (κ1) is 12.5. The van der Waals surface area contributed by atoms with Gasteiger partial charge in [-0.15, -0.1) is 0 Å². The van der Waals surface area contributed by atoms with Crippen LogP contribution < -0.4 is 0 Å². The first-order chi connectivity index (χ1) is 8.04. The van der Waals surface area contributed by atoms with Crippen LogP contribution in [0.5, 0.6) is 0 Å². The quantitative estimate of drug-likeness (QED) is 0.794. The molecule has 0 bridgehead atoms. The fourth-order valence-electron chi connectivity index (χ4n) is 2.59. The molecule has 1 unspecified atom stereocenters. The molecule has 0 N–H and O–H groups in total. The zero-order valence-corrected chi connectivity index (χ0v) is 10.9. The van der Waals surface area contributed by atoms with Crippen molar-refractivity contribution in [2.45, 2.75) is 25.9 Å². The highest BCUT2D eigenvalue weighted by molar-refractivity contribution is 5.23. The van der Waals surface area contributed by atoms with Crippen molar-refractivity contribution in [2.24, 2.45) is 0 Å². The lowest BCUT2D eigenvalue weighted by molar-refractivity contribution is 0.234. The van der Waals surface area contributed by atoms with Crippen molar-refractivity contribution in [3.05, 3.63) is 35.1 Å². The Hall–Kier alpha value is -0.930. The summed E-state index contributed by atoms with van der Waals surface area (Å²) in [6.07, 6.45) is 1.21. The molecule has 1 aromatic rings. The number of likely N-dealkylation sites (tertiary alicyclic amines) is 1. The van der Waals surface area contributed by atoms with Gasteiger partial charge in [0.2, 0.25) is 0 Å². The summed E-state index contributed by atoms with van der Waals surface area (Å²) in [6.45, 7) is 5.05. The molecular weight excluding hydrogens is 215 g/mol. The molecule has 1 aromatic carbocycles. The van der Waals surface area contributed by atoms with Gasteiger partial charge in [0, 0.05) is 19.1 Å². The van der Waals surface area contributed by atoms with Crippen LogP contribution in [0.4, 0.5) is 4.39 Å². The molecule has 2 nitrogen and oxygen atoms in total. The lowest BCUT2D eigenvalue weighted by Gasteiger charge is -2.24. The van der Waals surface area contributed by atoms with Gasteiger partial charge in [0.25, 0.3) is 0 Å². The summed E-state index contributed by atoms with van der Waals surface area (Å²) in [6, 6.07) is 5.89. The largest absolute Gasteiger partial charge is 0.305 e. The van der Waals surface area contributed by atoms with Gasteiger partial charge in [0.05, 0.1) is 0 Å². The minimum Gasteiger partial charge on any atom is -0.305 e. The molecule has 1 heterocycles. The van der Waals surface area contributed by atoms with E-state index >= 15 is 0 Å². The van der Waals surface area contributed by atoms with E-state index in [9.17, 15) is 4.39 Å². The average molecular weight is 236 g/mol. The van der Waals surface area contributed by atoms with Crippen molar-refractivity contribution in [3.8, 4) is 0 Å². The monoisotopic (exact) mass is 236 g/mol. The molecule has 1 aliphatic rings. The first-order valence-corrected chi connectivity index (χ1v) is 6.19. The van der Waals surface area contributed by atoms with Crippen LogP contribution in [0.1, 0.15) is 17.5 Å². The van der Waals surface area contributed by atoms with Crippen LogP contribution in [0.3, 0.4) is 0 Å². The average Bonchev–Trinajstić information content (AvgIpc) is 2.63. The van der Waals surface area contributed by atoms with Crippen LogP contribution in [0, 0.1) is 12.7 Å². The Labute approximate surface area is 103 Å². The standard InChI is InChI=1S/C14H21FN2/c1-11-6-12(8-13(15)7-11)9-17(3)14-4-5-16(2)10-14/h6-8,14H,4-5,9-10H2,1-3H3. The van der Waals surface area contributed by atoms with Gasteiger partial charge >= 0.3 is 0 Å². The number of rotatable bonds is 3. The van der Waals surface area contributed by atoms with E-state index in [0.717, 1.165) is 30.8 Å². The zero-order valence-electron chi connectivity index (χ0n) is 10.9. The molecule has 1 saturated heterocycles. The van der Waals surface area contributed by atoms with E-state index in [2.05, 4.69) is 30.0 Å². The second-order valence-corrected chi connectivity index (χ2v) is 5.26. The molecule has 0 saturated carbocycles. The third-order valence-corrected chi connectivity index (χ3v) is 3.52. The van der Waals surface area contributed by atoms with Crippen molar-refractivity contribution in [1.82, 2.24) is 9.80 Å². The maximum atomic E-state index is 13.3. The van der Waals surface area contributed by atoms with Crippen LogP contribution in [-0.2, 0) is 6.54 Å². The van der Waals surface area contributed by atoms with Gasteiger partial charge in [-0.05, 0) is 57.2 Å². The molecule has 0 aliphatic carbocycles. The summed E-state index contributed by atoms with van der Waals surface area (Å²) in [5.74, 6) is -0.128. The van der Waals surface area contributed by atoms with Gasteiger partial charge in [-0.25, -0.2) is 4.39 Å². The van der Waals surface area contributed by atoms with Crippen molar-refractivity contribution >= 4 is 0 Å². The highest BCUT2D eigenvalue weighted by atomic mass is 19.1. The fourth-order valence-corrected chi connectivity index (χ4v) is 2.59. The van der Waals surface area contributed by atoms with Gasteiger partial charge in [0.1, 0.15) is 5.82 Å². The van der Waals surface area contributed by atoms with E-state index in [1.165, 1.54) is 6.42 Å². The van der Waals surface area contributed by atoms with Gasteiger partial charge in [-0.3, -0.25) is 4.90 Å². The van der Waals surface area contributed by atoms with E-state index in [1.54, 1.807) is 12.1 Å². The smallest absolute Gasteiger partial charge is 0.123 e. The van der Waals surface area contributed by atoms with Crippen LogP contribution in [-0.4, -0.2) is 43.0 Å². The number of hydrogen-bond acceptors (Lipinski definition) is 2. The van der Waals surface area contributed by atoms with E-state index in [-0.39, 0.29) is 5.82 Å². The molecule has 94 valence electrons. The molecule has 2 rings (SSSR count). The SMILES string of the molecule is Cc1cc(F)cc(CN(C)C2CCN(C)C2)c1. The van der Waals surface area contributed by atoms with E-state index < -0.39 is 0 Å². The number of likely N-dealkylation sites (N-methyl/N-ethyl adjacent to an activating group) is 2. The Morgan fingerprint density at radius 1 is 1.41 bits per heavy atom. The summed E-state index contributed by atoms with van der Waals surface area (Å²) in [7, 11) is 4.28. The van der Waals surface area contributed by atoms with Crippen LogP contribution in [0.25, 0.3) is 0 Å². The number of benzene rings is 1. The minimum absolute atomic E-state index is 0.128. The molecule has 0 radical (unpaired) electrons. The lowest BCUT2D eigenvalue weighted by atomic mass is 10.1.